The van der Waals surface area contributed by atoms with Crippen LogP contribution in [-0.4, -0.2) is 35.6 Å². The number of para-hydroxylation sites is 1. The summed E-state index contributed by atoms with van der Waals surface area (Å²) in [6, 6.07) is 12.5. The molecule has 29 heavy (non-hydrogen) atoms. The van der Waals surface area contributed by atoms with Gasteiger partial charge in [0.1, 0.15) is 12.3 Å². The maximum Gasteiger partial charge on any atom is 0.283 e. The lowest BCUT2D eigenvalue weighted by molar-refractivity contribution is -0.122. The lowest BCUT2D eigenvalue weighted by Crippen LogP contribution is -2.26. The minimum absolute atomic E-state index is 0.150. The Kier molecular flexibility index (Phi) is 6.40. The molecular formula is C20H17BrN4O4. The number of aromatic nitrogens is 1. The van der Waals surface area contributed by atoms with Gasteiger partial charge in [-0.2, -0.15) is 0 Å². The van der Waals surface area contributed by atoms with E-state index in [-0.39, 0.29) is 18.1 Å². The monoisotopic (exact) mass is 456 g/mol. The zero-order chi connectivity index (χ0) is 20.8. The third-order valence-electron chi connectivity index (χ3n) is 3.94. The fraction of sp³-hybridized carbons (Fsp3) is 0.100. The number of azo groups is 1. The molecular weight excluding hydrogens is 440 g/mol. The minimum atomic E-state index is -0.659. The van der Waals surface area contributed by atoms with Gasteiger partial charge in [-0.25, -0.2) is 0 Å². The number of methoxy groups -OCH3 is 1. The van der Waals surface area contributed by atoms with Gasteiger partial charge in [0.15, 0.2) is 5.69 Å². The number of carbonyl (C=O) groups excluding carboxylic acids is 2. The van der Waals surface area contributed by atoms with Crippen molar-refractivity contribution < 1.29 is 19.4 Å². The average molecular weight is 457 g/mol. The van der Waals surface area contributed by atoms with Gasteiger partial charge in [0.25, 0.3) is 5.91 Å². The highest BCUT2D eigenvalue weighted by Crippen LogP contribution is 2.36. The number of amides is 2. The van der Waals surface area contributed by atoms with Gasteiger partial charge >= 0.3 is 0 Å². The number of benzene rings is 2. The lowest BCUT2D eigenvalue weighted by atomic mass is 10.2. The van der Waals surface area contributed by atoms with Crippen LogP contribution in [0.3, 0.4) is 0 Å². The summed E-state index contributed by atoms with van der Waals surface area (Å²) in [6.45, 7) is -0.328. The largest absolute Gasteiger partial charge is 0.496 e. The van der Waals surface area contributed by atoms with E-state index < -0.39 is 11.8 Å². The molecule has 0 atom stereocenters. The molecule has 3 aromatic rings. The summed E-state index contributed by atoms with van der Waals surface area (Å²) in [7, 11) is 1.54. The number of carbonyl (C=O) groups is 2. The Bertz CT molecular complexity index is 1120. The quantitative estimate of drug-likeness (QED) is 0.382. The fourth-order valence-electron chi connectivity index (χ4n) is 2.57. The average Bonchev–Trinajstić information content (AvgIpc) is 3.03. The number of nitrogens with one attached hydrogen (secondary N) is 2. The van der Waals surface area contributed by atoms with Gasteiger partial charge < -0.3 is 20.1 Å². The van der Waals surface area contributed by atoms with Gasteiger partial charge in [0.2, 0.25) is 11.8 Å². The molecule has 0 bridgehead atoms. The summed E-state index contributed by atoms with van der Waals surface area (Å²) < 4.78 is 5.99. The first-order valence-corrected chi connectivity index (χ1v) is 9.31. The first-order valence-electron chi connectivity index (χ1n) is 8.51. The predicted molar refractivity (Wildman–Crippen MR) is 112 cm³/mol. The summed E-state index contributed by atoms with van der Waals surface area (Å²) in [5.74, 6) is -0.684. The second kappa shape index (κ2) is 9.16. The predicted octanol–water partition coefficient (Wildman–Crippen LogP) is 4.08. The van der Waals surface area contributed by atoms with Crippen molar-refractivity contribution in [1.82, 2.24) is 10.3 Å². The van der Waals surface area contributed by atoms with Crippen LogP contribution in [0.1, 0.15) is 5.56 Å². The van der Waals surface area contributed by atoms with Crippen LogP contribution in [0.2, 0.25) is 0 Å². The Morgan fingerprint density at radius 2 is 2.07 bits per heavy atom. The van der Waals surface area contributed by atoms with Crippen molar-refractivity contribution in [3.8, 4) is 11.6 Å². The molecule has 0 aliphatic carbocycles. The first kappa shape index (κ1) is 20.3. The normalized spacial score (nSPS) is 11.4. The summed E-state index contributed by atoms with van der Waals surface area (Å²) in [5, 5.41) is 20.4. The molecule has 0 aliphatic heterocycles. The van der Waals surface area contributed by atoms with E-state index in [0.717, 1.165) is 10.0 Å². The van der Waals surface area contributed by atoms with Gasteiger partial charge in [-0.15, -0.1) is 10.2 Å². The number of ether oxygens (including phenoxy) is 1. The number of hydrogen-bond acceptors (Lipinski definition) is 5. The van der Waals surface area contributed by atoms with E-state index in [1.54, 1.807) is 43.5 Å². The van der Waals surface area contributed by atoms with Crippen LogP contribution < -0.4 is 10.1 Å². The molecule has 9 heteroatoms. The molecule has 3 rings (SSSR count). The number of fused-ring (bicyclic) bond motifs is 1. The number of aromatic hydroxyl groups is 1. The van der Waals surface area contributed by atoms with E-state index in [1.807, 2.05) is 12.1 Å². The Hall–Kier alpha value is -3.46. The van der Waals surface area contributed by atoms with Crippen LogP contribution in [0.4, 0.5) is 5.69 Å². The fourth-order valence-corrected chi connectivity index (χ4v) is 2.93. The molecule has 0 unspecified atom stereocenters. The molecule has 0 fully saturated rings. The van der Waals surface area contributed by atoms with E-state index >= 15 is 0 Å². The second-order valence-corrected chi connectivity index (χ2v) is 6.81. The molecule has 2 amide bonds. The van der Waals surface area contributed by atoms with Crippen molar-refractivity contribution in [2.75, 3.05) is 13.7 Å². The number of aromatic amines is 1. The summed E-state index contributed by atoms with van der Waals surface area (Å²) in [4.78, 5) is 26.6. The van der Waals surface area contributed by atoms with Gasteiger partial charge in [-0.1, -0.05) is 34.1 Å². The number of halogens is 1. The van der Waals surface area contributed by atoms with Crippen LogP contribution in [0.15, 0.2) is 63.2 Å². The Labute approximate surface area is 174 Å². The smallest absolute Gasteiger partial charge is 0.283 e. The SMILES string of the molecule is COc1ccccc1/C=C/C(=O)NCC(=O)N=Nc1c(O)[nH]c2ccc(Br)cc12. The zero-order valence-corrected chi connectivity index (χ0v) is 16.9. The molecule has 0 aliphatic rings. The van der Waals surface area contributed by atoms with Gasteiger partial charge in [0, 0.05) is 21.5 Å². The lowest BCUT2D eigenvalue weighted by Gasteiger charge is -2.03. The van der Waals surface area contributed by atoms with Crippen LogP contribution in [0, 0.1) is 0 Å². The van der Waals surface area contributed by atoms with E-state index in [1.165, 1.54) is 6.08 Å². The number of nitrogens with zero attached hydrogens (tertiary/aromatic N) is 2. The zero-order valence-electron chi connectivity index (χ0n) is 15.3. The maximum atomic E-state index is 11.9. The van der Waals surface area contributed by atoms with Crippen LogP contribution >= 0.6 is 15.9 Å². The minimum Gasteiger partial charge on any atom is -0.496 e. The molecule has 1 heterocycles. The topological polar surface area (TPSA) is 116 Å². The molecule has 0 saturated heterocycles. The second-order valence-electron chi connectivity index (χ2n) is 5.90. The van der Waals surface area contributed by atoms with Crippen LogP contribution in [0.25, 0.3) is 17.0 Å². The summed E-state index contributed by atoms with van der Waals surface area (Å²) in [6.07, 6.45) is 2.88. The third-order valence-corrected chi connectivity index (χ3v) is 4.44. The Morgan fingerprint density at radius 3 is 2.86 bits per heavy atom. The third kappa shape index (κ3) is 5.08. The number of hydrogen-bond donors (Lipinski definition) is 3. The molecule has 0 radical (unpaired) electrons. The van der Waals surface area contributed by atoms with Gasteiger partial charge in [-0.05, 0) is 30.3 Å². The summed E-state index contributed by atoms with van der Waals surface area (Å²) >= 11 is 3.34. The van der Waals surface area contributed by atoms with E-state index in [2.05, 4.69) is 36.5 Å². The first-order chi connectivity index (χ1) is 14.0. The molecule has 3 N–H and O–H groups in total. The Morgan fingerprint density at radius 1 is 1.28 bits per heavy atom. The molecule has 8 nitrogen and oxygen atoms in total. The number of H-pyrrole nitrogens is 1. The highest BCUT2D eigenvalue weighted by atomic mass is 79.9. The van der Waals surface area contributed by atoms with Gasteiger partial charge in [0.05, 0.1) is 12.6 Å². The van der Waals surface area contributed by atoms with Crippen molar-refractivity contribution in [2.24, 2.45) is 10.2 Å². The van der Waals surface area contributed by atoms with E-state index in [4.69, 9.17) is 4.74 Å². The maximum absolute atomic E-state index is 11.9. The van der Waals surface area contributed by atoms with Crippen molar-refractivity contribution in [3.63, 3.8) is 0 Å². The highest BCUT2D eigenvalue weighted by molar-refractivity contribution is 9.10. The van der Waals surface area contributed by atoms with Crippen molar-refractivity contribution in [2.45, 2.75) is 0 Å². The standard InChI is InChI=1S/C20H17BrN4O4/c1-29-16-5-3-2-4-12(16)6-9-17(26)22-11-18(27)24-25-19-14-10-13(21)7-8-15(14)23-20(19)28/h2-10,23,28H,11H2,1H3,(H,22,26)/b9-6+,25-24?. The Balaban J connectivity index is 1.60. The number of rotatable bonds is 6. The van der Waals surface area contributed by atoms with Crippen molar-refractivity contribution >= 4 is 50.4 Å². The van der Waals surface area contributed by atoms with E-state index in [9.17, 15) is 14.7 Å². The summed E-state index contributed by atoms with van der Waals surface area (Å²) in [5.41, 5.74) is 1.54. The van der Waals surface area contributed by atoms with E-state index in [0.29, 0.717) is 16.7 Å². The van der Waals surface area contributed by atoms with Crippen LogP contribution in [0.5, 0.6) is 11.6 Å². The molecule has 2 aromatic carbocycles. The molecule has 148 valence electrons. The molecule has 0 spiro atoms. The highest BCUT2D eigenvalue weighted by Gasteiger charge is 2.11. The van der Waals surface area contributed by atoms with Crippen molar-refractivity contribution in [3.05, 3.63) is 58.6 Å². The molecule has 1 aromatic heterocycles. The van der Waals surface area contributed by atoms with Crippen LogP contribution in [-0.2, 0) is 9.59 Å². The van der Waals surface area contributed by atoms with Crippen molar-refractivity contribution in [1.29, 1.82) is 0 Å². The van der Waals surface area contributed by atoms with Gasteiger partial charge in [-0.3, -0.25) is 9.59 Å². The molecule has 0 saturated carbocycles.